The second-order valence-corrected chi connectivity index (χ2v) is 6.75. The zero-order valence-corrected chi connectivity index (χ0v) is 14.0. The molecule has 2 rings (SSSR count). The first-order valence-electron chi connectivity index (χ1n) is 7.13. The van der Waals surface area contributed by atoms with Gasteiger partial charge in [-0.3, -0.25) is 4.79 Å². The molecule has 0 aliphatic carbocycles. The number of aromatic amines is 1. The number of hydrogen-bond acceptors (Lipinski definition) is 5. The largest absolute Gasteiger partial charge is 0.368 e. The molecule has 0 unspecified atom stereocenters. The molecule has 1 amide bonds. The molecule has 0 spiro atoms. The molecule has 1 atom stereocenters. The number of nitrogens with two attached hydrogens (primary N) is 1. The van der Waals surface area contributed by atoms with Gasteiger partial charge in [-0.05, 0) is 30.9 Å². The fraction of sp³-hybridized carbons (Fsp3) is 0.400. The highest BCUT2D eigenvalue weighted by atomic mass is 32.2. The fourth-order valence-electron chi connectivity index (χ4n) is 2.09. The Balaban J connectivity index is 2.11. The topological polar surface area (TPSA) is 96.7 Å². The van der Waals surface area contributed by atoms with Gasteiger partial charge in [-0.15, -0.1) is 5.10 Å². The van der Waals surface area contributed by atoms with Gasteiger partial charge < -0.3 is 11.1 Å². The lowest BCUT2D eigenvalue weighted by molar-refractivity contribution is -0.115. The summed E-state index contributed by atoms with van der Waals surface area (Å²) in [6, 6.07) is 6.05. The van der Waals surface area contributed by atoms with Crippen molar-refractivity contribution >= 4 is 29.3 Å². The van der Waals surface area contributed by atoms with E-state index in [-0.39, 0.29) is 17.1 Å². The second kappa shape index (κ2) is 6.83. The van der Waals surface area contributed by atoms with Crippen molar-refractivity contribution in [3.8, 4) is 0 Å². The standard InChI is InChI=1S/C15H21N5OS/c1-8(2)11-7-5-6-9(3)12(11)17-13(21)10(4)22-15-18-14(16)19-20-15/h5-8,10H,1-4H3,(H,17,21)(H3,16,18,19,20)/t10-/m0/s1. The third kappa shape index (κ3) is 3.79. The summed E-state index contributed by atoms with van der Waals surface area (Å²) < 4.78 is 0. The fourth-order valence-corrected chi connectivity index (χ4v) is 2.82. The first kappa shape index (κ1) is 16.4. The third-order valence-corrected chi connectivity index (χ3v) is 4.27. The van der Waals surface area contributed by atoms with Crippen molar-refractivity contribution in [2.24, 2.45) is 0 Å². The molecule has 118 valence electrons. The van der Waals surface area contributed by atoms with Crippen molar-refractivity contribution in [3.63, 3.8) is 0 Å². The number of nitrogen functional groups attached to an aromatic ring is 1. The van der Waals surface area contributed by atoms with Gasteiger partial charge >= 0.3 is 0 Å². The van der Waals surface area contributed by atoms with Crippen LogP contribution in [0.3, 0.4) is 0 Å². The van der Waals surface area contributed by atoms with Crippen molar-refractivity contribution in [1.29, 1.82) is 0 Å². The number of anilines is 2. The summed E-state index contributed by atoms with van der Waals surface area (Å²) in [7, 11) is 0. The molecule has 1 aromatic carbocycles. The van der Waals surface area contributed by atoms with Crippen LogP contribution in [-0.4, -0.2) is 26.3 Å². The summed E-state index contributed by atoms with van der Waals surface area (Å²) in [5.74, 6) is 0.506. The summed E-state index contributed by atoms with van der Waals surface area (Å²) >= 11 is 1.27. The van der Waals surface area contributed by atoms with E-state index in [0.29, 0.717) is 11.1 Å². The molecule has 7 heteroatoms. The zero-order chi connectivity index (χ0) is 16.3. The van der Waals surface area contributed by atoms with E-state index in [1.807, 2.05) is 32.0 Å². The van der Waals surface area contributed by atoms with Crippen LogP contribution < -0.4 is 11.1 Å². The van der Waals surface area contributed by atoms with Crippen LogP contribution in [0.2, 0.25) is 0 Å². The van der Waals surface area contributed by atoms with Gasteiger partial charge in [0.2, 0.25) is 17.0 Å². The zero-order valence-electron chi connectivity index (χ0n) is 13.2. The monoisotopic (exact) mass is 319 g/mol. The normalized spacial score (nSPS) is 12.4. The lowest BCUT2D eigenvalue weighted by atomic mass is 9.98. The SMILES string of the molecule is Cc1cccc(C(C)C)c1NC(=O)[C@H](C)Sc1n[nH]c(N)n1. The number of para-hydroxylation sites is 1. The quantitative estimate of drug-likeness (QED) is 0.736. The van der Waals surface area contributed by atoms with Crippen LogP contribution in [0.1, 0.15) is 37.8 Å². The maximum absolute atomic E-state index is 12.4. The van der Waals surface area contributed by atoms with Crippen molar-refractivity contribution in [3.05, 3.63) is 29.3 Å². The van der Waals surface area contributed by atoms with Gasteiger partial charge in [0.25, 0.3) is 0 Å². The number of nitrogens with zero attached hydrogens (tertiary/aromatic N) is 2. The summed E-state index contributed by atoms with van der Waals surface area (Å²) in [6.07, 6.45) is 0. The number of H-pyrrole nitrogens is 1. The number of nitrogens with one attached hydrogen (secondary N) is 2. The third-order valence-electron chi connectivity index (χ3n) is 3.31. The van der Waals surface area contributed by atoms with Crippen LogP contribution >= 0.6 is 11.8 Å². The van der Waals surface area contributed by atoms with E-state index in [0.717, 1.165) is 16.8 Å². The molecule has 0 saturated heterocycles. The van der Waals surface area contributed by atoms with Crippen LogP contribution in [-0.2, 0) is 4.79 Å². The Morgan fingerprint density at radius 1 is 1.36 bits per heavy atom. The summed E-state index contributed by atoms with van der Waals surface area (Å²) in [5.41, 5.74) is 8.56. The molecule has 6 nitrogen and oxygen atoms in total. The van der Waals surface area contributed by atoms with E-state index in [1.165, 1.54) is 11.8 Å². The number of benzene rings is 1. The average molecular weight is 319 g/mol. The molecule has 0 saturated carbocycles. The first-order valence-corrected chi connectivity index (χ1v) is 8.01. The highest BCUT2D eigenvalue weighted by Crippen LogP contribution is 2.28. The lowest BCUT2D eigenvalue weighted by Crippen LogP contribution is -2.24. The Morgan fingerprint density at radius 3 is 2.68 bits per heavy atom. The first-order chi connectivity index (χ1) is 10.4. The number of carbonyl (C=O) groups is 1. The molecule has 0 fully saturated rings. The van der Waals surface area contributed by atoms with E-state index in [1.54, 1.807) is 0 Å². The maximum Gasteiger partial charge on any atom is 0.237 e. The molecule has 22 heavy (non-hydrogen) atoms. The van der Waals surface area contributed by atoms with Gasteiger partial charge in [0.15, 0.2) is 0 Å². The molecular formula is C15H21N5OS. The highest BCUT2D eigenvalue weighted by molar-refractivity contribution is 8.00. The van der Waals surface area contributed by atoms with Crippen LogP contribution in [0.25, 0.3) is 0 Å². The van der Waals surface area contributed by atoms with E-state index < -0.39 is 0 Å². The number of hydrogen-bond donors (Lipinski definition) is 3. The molecule has 2 aromatic rings. The van der Waals surface area contributed by atoms with Gasteiger partial charge in [0, 0.05) is 5.69 Å². The predicted octanol–water partition coefficient (Wildman–Crippen LogP) is 2.94. The van der Waals surface area contributed by atoms with Crippen molar-refractivity contribution < 1.29 is 4.79 Å². The van der Waals surface area contributed by atoms with Crippen molar-refractivity contribution in [2.45, 2.75) is 44.0 Å². The molecule has 1 aromatic heterocycles. The van der Waals surface area contributed by atoms with Crippen LogP contribution in [0.15, 0.2) is 23.4 Å². The summed E-state index contributed by atoms with van der Waals surface area (Å²) in [4.78, 5) is 16.4. The molecule has 0 bridgehead atoms. The Labute approximate surface area is 134 Å². The van der Waals surface area contributed by atoms with Crippen LogP contribution in [0.5, 0.6) is 0 Å². The summed E-state index contributed by atoms with van der Waals surface area (Å²) in [5, 5.41) is 9.66. The maximum atomic E-state index is 12.4. The van der Waals surface area contributed by atoms with Gasteiger partial charge in [-0.2, -0.15) is 4.98 Å². The Bertz CT molecular complexity index is 668. The number of rotatable bonds is 5. The van der Waals surface area contributed by atoms with Crippen molar-refractivity contribution in [2.75, 3.05) is 11.1 Å². The number of aromatic nitrogens is 3. The number of amides is 1. The highest BCUT2D eigenvalue weighted by Gasteiger charge is 2.19. The van der Waals surface area contributed by atoms with E-state index in [2.05, 4.69) is 34.3 Å². The average Bonchev–Trinajstić information content (AvgIpc) is 2.85. The van der Waals surface area contributed by atoms with Crippen molar-refractivity contribution in [1.82, 2.24) is 15.2 Å². The molecule has 4 N–H and O–H groups in total. The van der Waals surface area contributed by atoms with Crippen LogP contribution in [0, 0.1) is 6.92 Å². The Morgan fingerprint density at radius 2 is 2.09 bits per heavy atom. The summed E-state index contributed by atoms with van der Waals surface area (Å²) in [6.45, 7) is 8.03. The second-order valence-electron chi connectivity index (χ2n) is 5.45. The van der Waals surface area contributed by atoms with E-state index in [9.17, 15) is 4.79 Å². The molecule has 0 aliphatic heterocycles. The van der Waals surface area contributed by atoms with Crippen LogP contribution in [0.4, 0.5) is 11.6 Å². The Kier molecular flexibility index (Phi) is 5.07. The number of thioether (sulfide) groups is 1. The minimum atomic E-state index is -0.324. The minimum absolute atomic E-state index is 0.0791. The lowest BCUT2D eigenvalue weighted by Gasteiger charge is -2.18. The van der Waals surface area contributed by atoms with E-state index in [4.69, 9.17) is 5.73 Å². The smallest absolute Gasteiger partial charge is 0.237 e. The molecule has 1 heterocycles. The van der Waals surface area contributed by atoms with Gasteiger partial charge in [0.1, 0.15) is 0 Å². The minimum Gasteiger partial charge on any atom is -0.368 e. The predicted molar refractivity (Wildman–Crippen MR) is 90.0 cm³/mol. The van der Waals surface area contributed by atoms with Gasteiger partial charge in [-0.25, -0.2) is 5.10 Å². The van der Waals surface area contributed by atoms with Gasteiger partial charge in [-0.1, -0.05) is 43.8 Å². The molecular weight excluding hydrogens is 298 g/mol. The number of aryl methyl sites for hydroxylation is 1. The Hall–Kier alpha value is -2.02. The van der Waals surface area contributed by atoms with E-state index >= 15 is 0 Å². The molecule has 0 radical (unpaired) electrons. The van der Waals surface area contributed by atoms with Gasteiger partial charge in [0.05, 0.1) is 5.25 Å². The molecule has 0 aliphatic rings. The number of carbonyl (C=O) groups excluding carboxylic acids is 1.